The molecule has 2 heterocycles. The Bertz CT molecular complexity index is 393. The second kappa shape index (κ2) is 5.60. The lowest BCUT2D eigenvalue weighted by molar-refractivity contribution is -0.0573. The molecule has 6 nitrogen and oxygen atoms in total. The van der Waals surface area contributed by atoms with Crippen molar-refractivity contribution < 1.29 is 9.84 Å². The van der Waals surface area contributed by atoms with Crippen molar-refractivity contribution in [3.8, 4) is 0 Å². The Kier molecular flexibility index (Phi) is 4.11. The molecule has 0 unspecified atom stereocenters. The van der Waals surface area contributed by atoms with Gasteiger partial charge < -0.3 is 20.5 Å². The molecule has 1 aromatic heterocycles. The van der Waals surface area contributed by atoms with Gasteiger partial charge in [-0.15, -0.1) is 5.10 Å². The number of rotatable bonds is 4. The zero-order valence-electron chi connectivity index (χ0n) is 10.7. The lowest BCUT2D eigenvalue weighted by Crippen LogP contribution is -2.46. The first-order chi connectivity index (χ1) is 8.64. The summed E-state index contributed by atoms with van der Waals surface area (Å²) in [6.07, 6.45) is 2.92. The van der Waals surface area contributed by atoms with E-state index in [0.29, 0.717) is 39.1 Å². The van der Waals surface area contributed by atoms with Crippen LogP contribution in [0.5, 0.6) is 0 Å². The standard InChI is InChI=1S/C12H20N4O2/c1-16(9-12(17)3-6-18-7-4-12)11-10(8-13)2-5-14-15-11/h2,5,17H,3-4,6-9,13H2,1H3. The molecule has 2 rings (SSSR count). The predicted molar refractivity (Wildman–Crippen MR) is 68.2 cm³/mol. The van der Waals surface area contributed by atoms with Crippen molar-refractivity contribution in [2.45, 2.75) is 25.0 Å². The number of aromatic nitrogens is 2. The van der Waals surface area contributed by atoms with Gasteiger partial charge in [-0.3, -0.25) is 0 Å². The van der Waals surface area contributed by atoms with Gasteiger partial charge in [-0.2, -0.15) is 5.10 Å². The van der Waals surface area contributed by atoms with E-state index in [1.807, 2.05) is 18.0 Å². The van der Waals surface area contributed by atoms with Crippen molar-refractivity contribution in [3.63, 3.8) is 0 Å². The maximum absolute atomic E-state index is 10.5. The van der Waals surface area contributed by atoms with Crippen LogP contribution in [0.1, 0.15) is 18.4 Å². The number of anilines is 1. The van der Waals surface area contributed by atoms with Gasteiger partial charge in [-0.05, 0) is 6.07 Å². The summed E-state index contributed by atoms with van der Waals surface area (Å²) in [4.78, 5) is 1.92. The quantitative estimate of drug-likeness (QED) is 0.779. The fourth-order valence-electron chi connectivity index (χ4n) is 2.26. The van der Waals surface area contributed by atoms with Crippen molar-refractivity contribution in [1.29, 1.82) is 0 Å². The molecule has 6 heteroatoms. The normalized spacial score (nSPS) is 18.6. The van der Waals surface area contributed by atoms with Gasteiger partial charge in [0, 0.05) is 51.8 Å². The highest BCUT2D eigenvalue weighted by Crippen LogP contribution is 2.24. The van der Waals surface area contributed by atoms with E-state index in [1.165, 1.54) is 0 Å². The van der Waals surface area contributed by atoms with Gasteiger partial charge in [0.05, 0.1) is 11.8 Å². The molecule has 1 aliphatic rings. The maximum atomic E-state index is 10.5. The minimum absolute atomic E-state index is 0.413. The minimum atomic E-state index is -0.712. The van der Waals surface area contributed by atoms with Crippen LogP contribution >= 0.6 is 0 Å². The Morgan fingerprint density at radius 3 is 2.89 bits per heavy atom. The molecule has 0 saturated carbocycles. The molecule has 3 N–H and O–H groups in total. The third kappa shape index (κ3) is 2.95. The predicted octanol–water partition coefficient (Wildman–Crippen LogP) is -0.0870. The molecule has 1 aromatic rings. The number of hydrogen-bond donors (Lipinski definition) is 2. The molecule has 0 amide bonds. The smallest absolute Gasteiger partial charge is 0.155 e. The summed E-state index contributed by atoms with van der Waals surface area (Å²) in [5, 5.41) is 18.4. The molecule has 18 heavy (non-hydrogen) atoms. The number of hydrogen-bond acceptors (Lipinski definition) is 6. The van der Waals surface area contributed by atoms with Gasteiger partial charge in [-0.1, -0.05) is 0 Å². The number of likely N-dealkylation sites (N-methyl/N-ethyl adjacent to an activating group) is 1. The summed E-state index contributed by atoms with van der Waals surface area (Å²) >= 11 is 0. The molecule has 1 fully saturated rings. The van der Waals surface area contributed by atoms with Crippen molar-refractivity contribution in [2.75, 3.05) is 31.7 Å². The van der Waals surface area contributed by atoms with Crippen LogP contribution in [-0.2, 0) is 11.3 Å². The van der Waals surface area contributed by atoms with Crippen LogP contribution in [0.15, 0.2) is 12.3 Å². The topological polar surface area (TPSA) is 84.5 Å². The Morgan fingerprint density at radius 1 is 1.50 bits per heavy atom. The summed E-state index contributed by atoms with van der Waals surface area (Å²) in [6, 6.07) is 1.85. The van der Waals surface area contributed by atoms with Gasteiger partial charge in [0.1, 0.15) is 0 Å². The summed E-state index contributed by atoms with van der Waals surface area (Å²) in [5.74, 6) is 0.736. The van der Waals surface area contributed by atoms with E-state index >= 15 is 0 Å². The number of aliphatic hydroxyl groups is 1. The van der Waals surface area contributed by atoms with Crippen molar-refractivity contribution in [3.05, 3.63) is 17.8 Å². The van der Waals surface area contributed by atoms with Gasteiger partial charge in [0.15, 0.2) is 5.82 Å². The largest absolute Gasteiger partial charge is 0.388 e. The monoisotopic (exact) mass is 252 g/mol. The highest BCUT2D eigenvalue weighted by atomic mass is 16.5. The van der Waals surface area contributed by atoms with E-state index in [-0.39, 0.29) is 0 Å². The van der Waals surface area contributed by atoms with Gasteiger partial charge >= 0.3 is 0 Å². The molecule has 0 spiro atoms. The summed E-state index contributed by atoms with van der Waals surface area (Å²) in [7, 11) is 1.90. The summed E-state index contributed by atoms with van der Waals surface area (Å²) < 4.78 is 5.27. The van der Waals surface area contributed by atoms with Crippen LogP contribution in [0.2, 0.25) is 0 Å². The van der Waals surface area contributed by atoms with E-state index in [0.717, 1.165) is 11.4 Å². The first-order valence-electron chi connectivity index (χ1n) is 6.16. The van der Waals surface area contributed by atoms with Crippen LogP contribution in [0.25, 0.3) is 0 Å². The van der Waals surface area contributed by atoms with E-state index in [4.69, 9.17) is 10.5 Å². The van der Waals surface area contributed by atoms with Gasteiger partial charge in [0.25, 0.3) is 0 Å². The molecule has 1 saturated heterocycles. The maximum Gasteiger partial charge on any atom is 0.155 e. The van der Waals surface area contributed by atoms with E-state index in [1.54, 1.807) is 6.20 Å². The zero-order chi connectivity index (χ0) is 13.0. The summed E-state index contributed by atoms with van der Waals surface area (Å²) in [6.45, 7) is 2.14. The summed E-state index contributed by atoms with van der Waals surface area (Å²) in [5.41, 5.74) is 5.90. The molecule has 0 aliphatic carbocycles. The van der Waals surface area contributed by atoms with Crippen LogP contribution in [0, 0.1) is 0 Å². The lowest BCUT2D eigenvalue weighted by atomic mass is 9.94. The average Bonchev–Trinajstić information content (AvgIpc) is 2.39. The molecule has 100 valence electrons. The Labute approximate surface area is 107 Å². The number of ether oxygens (including phenoxy) is 1. The van der Waals surface area contributed by atoms with Crippen molar-refractivity contribution in [1.82, 2.24) is 10.2 Å². The average molecular weight is 252 g/mol. The van der Waals surface area contributed by atoms with Crippen molar-refractivity contribution >= 4 is 5.82 Å². The Morgan fingerprint density at radius 2 is 2.22 bits per heavy atom. The molecule has 0 radical (unpaired) electrons. The first-order valence-corrected chi connectivity index (χ1v) is 6.16. The third-order valence-electron chi connectivity index (χ3n) is 3.32. The van der Waals surface area contributed by atoms with Crippen molar-refractivity contribution in [2.24, 2.45) is 5.73 Å². The Balaban J connectivity index is 2.08. The minimum Gasteiger partial charge on any atom is -0.388 e. The van der Waals surface area contributed by atoms with E-state index in [9.17, 15) is 5.11 Å². The van der Waals surface area contributed by atoms with Gasteiger partial charge in [0.2, 0.25) is 0 Å². The van der Waals surface area contributed by atoms with Crippen LogP contribution in [0.4, 0.5) is 5.82 Å². The molecule has 0 bridgehead atoms. The lowest BCUT2D eigenvalue weighted by Gasteiger charge is -2.36. The molecule has 0 aromatic carbocycles. The number of nitrogens with zero attached hydrogens (tertiary/aromatic N) is 3. The Hall–Kier alpha value is -1.24. The van der Waals surface area contributed by atoms with Crippen LogP contribution < -0.4 is 10.6 Å². The molecule has 0 atom stereocenters. The zero-order valence-corrected chi connectivity index (χ0v) is 10.7. The highest BCUT2D eigenvalue weighted by Gasteiger charge is 2.31. The molecular weight excluding hydrogens is 232 g/mol. The highest BCUT2D eigenvalue weighted by molar-refractivity contribution is 5.45. The SMILES string of the molecule is CN(CC1(O)CCOCC1)c1nnccc1CN. The van der Waals surface area contributed by atoms with Crippen LogP contribution in [-0.4, -0.2) is 47.7 Å². The van der Waals surface area contributed by atoms with Gasteiger partial charge in [-0.25, -0.2) is 0 Å². The third-order valence-corrected chi connectivity index (χ3v) is 3.32. The second-order valence-electron chi connectivity index (χ2n) is 4.78. The first kappa shape index (κ1) is 13.2. The fraction of sp³-hybridized carbons (Fsp3) is 0.667. The fourth-order valence-corrected chi connectivity index (χ4v) is 2.26. The molecular formula is C12H20N4O2. The number of nitrogens with two attached hydrogens (primary N) is 1. The van der Waals surface area contributed by atoms with E-state index < -0.39 is 5.60 Å². The van der Waals surface area contributed by atoms with E-state index in [2.05, 4.69) is 10.2 Å². The second-order valence-corrected chi connectivity index (χ2v) is 4.78. The van der Waals surface area contributed by atoms with Crippen LogP contribution in [0.3, 0.4) is 0 Å². The molecule has 1 aliphatic heterocycles.